The summed E-state index contributed by atoms with van der Waals surface area (Å²) in [5.74, 6) is 0.397. The maximum atomic E-state index is 11.7. The molecule has 1 aliphatic rings. The molecule has 0 aromatic heterocycles. The number of benzene rings is 1. The predicted molar refractivity (Wildman–Crippen MR) is 68.1 cm³/mol. The molecule has 90 valence electrons. The number of nitrogens with zero attached hydrogens (tertiary/aromatic N) is 2. The Labute approximate surface area is 101 Å². The quantitative estimate of drug-likeness (QED) is 0.847. The normalized spacial score (nSPS) is 19.7. The molecule has 4 nitrogen and oxygen atoms in total. The first-order chi connectivity index (χ1) is 8.06. The fraction of sp³-hybridized carbons (Fsp3) is 0.385. The molecular weight excluding hydrogens is 214 g/mol. The minimum atomic E-state index is -0.238. The minimum Gasteiger partial charge on any atom is -0.385 e. The van der Waals surface area contributed by atoms with Crippen molar-refractivity contribution in [3.8, 4) is 0 Å². The number of carbonyl (C=O) groups excluding carboxylic acids is 1. The van der Waals surface area contributed by atoms with Crippen LogP contribution in [0.5, 0.6) is 0 Å². The average Bonchev–Trinajstić information content (AvgIpc) is 2.53. The van der Waals surface area contributed by atoms with Crippen LogP contribution in [0.2, 0.25) is 0 Å². The van der Waals surface area contributed by atoms with Crippen molar-refractivity contribution in [2.75, 3.05) is 6.54 Å². The number of likely N-dealkylation sites (N-methyl/N-ethyl adjacent to an activating group) is 1. The molecule has 1 aromatic rings. The van der Waals surface area contributed by atoms with E-state index in [4.69, 9.17) is 5.73 Å². The summed E-state index contributed by atoms with van der Waals surface area (Å²) in [6, 6.07) is 5.64. The zero-order valence-electron chi connectivity index (χ0n) is 10.4. The van der Waals surface area contributed by atoms with Gasteiger partial charge in [-0.3, -0.25) is 0 Å². The van der Waals surface area contributed by atoms with Gasteiger partial charge in [0.1, 0.15) is 11.9 Å². The molecule has 0 fully saturated rings. The summed E-state index contributed by atoms with van der Waals surface area (Å²) >= 11 is 0. The van der Waals surface area contributed by atoms with Crippen LogP contribution in [-0.4, -0.2) is 23.3 Å². The number of aliphatic imine (C=N–C) groups is 1. The second-order valence-electron chi connectivity index (χ2n) is 4.31. The lowest BCUT2D eigenvalue weighted by Gasteiger charge is -2.25. The Hall–Kier alpha value is -1.84. The Morgan fingerprint density at radius 2 is 1.94 bits per heavy atom. The Bertz CT molecular complexity index is 473. The third-order valence-corrected chi connectivity index (χ3v) is 3.22. The molecule has 17 heavy (non-hydrogen) atoms. The summed E-state index contributed by atoms with van der Waals surface area (Å²) in [4.78, 5) is 17.2. The van der Waals surface area contributed by atoms with Gasteiger partial charge >= 0.3 is 6.03 Å². The molecule has 0 spiro atoms. The second-order valence-corrected chi connectivity index (χ2v) is 4.31. The summed E-state index contributed by atoms with van der Waals surface area (Å²) in [7, 11) is 0. The van der Waals surface area contributed by atoms with E-state index in [0.29, 0.717) is 12.4 Å². The third kappa shape index (κ3) is 1.79. The number of amides is 2. The number of hydrogen-bond acceptors (Lipinski definition) is 2. The van der Waals surface area contributed by atoms with Crippen LogP contribution in [0.3, 0.4) is 0 Å². The molecule has 2 N–H and O–H groups in total. The lowest BCUT2D eigenvalue weighted by molar-refractivity contribution is 0.209. The van der Waals surface area contributed by atoms with Crippen LogP contribution < -0.4 is 5.73 Å². The molecule has 0 radical (unpaired) electrons. The summed E-state index contributed by atoms with van der Waals surface area (Å²) in [5, 5.41) is 0. The molecule has 1 aromatic carbocycles. The molecule has 1 heterocycles. The maximum absolute atomic E-state index is 11.7. The van der Waals surface area contributed by atoms with Gasteiger partial charge in [-0.25, -0.2) is 4.79 Å². The summed E-state index contributed by atoms with van der Waals surface area (Å²) < 4.78 is 0. The monoisotopic (exact) mass is 231 g/mol. The van der Waals surface area contributed by atoms with Crippen LogP contribution in [0, 0.1) is 13.8 Å². The Balaban J connectivity index is 2.53. The summed E-state index contributed by atoms with van der Waals surface area (Å²) in [6.07, 6.45) is 0. The van der Waals surface area contributed by atoms with Crippen LogP contribution in [0.1, 0.15) is 29.7 Å². The van der Waals surface area contributed by atoms with Crippen LogP contribution in [0.25, 0.3) is 0 Å². The van der Waals surface area contributed by atoms with Crippen molar-refractivity contribution in [2.24, 2.45) is 10.7 Å². The largest absolute Gasteiger partial charge is 0.385 e. The number of urea groups is 1. The van der Waals surface area contributed by atoms with Gasteiger partial charge < -0.3 is 10.6 Å². The molecule has 1 unspecified atom stereocenters. The zero-order valence-corrected chi connectivity index (χ0v) is 10.4. The first-order valence-electron chi connectivity index (χ1n) is 5.77. The van der Waals surface area contributed by atoms with E-state index < -0.39 is 0 Å². The number of amidine groups is 1. The molecule has 0 saturated heterocycles. The van der Waals surface area contributed by atoms with Gasteiger partial charge in [0.05, 0.1) is 0 Å². The van der Waals surface area contributed by atoms with E-state index in [0.717, 1.165) is 16.7 Å². The van der Waals surface area contributed by atoms with Crippen molar-refractivity contribution in [2.45, 2.75) is 26.8 Å². The van der Waals surface area contributed by atoms with E-state index in [-0.39, 0.29) is 12.1 Å². The molecule has 1 aliphatic heterocycles. The van der Waals surface area contributed by atoms with Gasteiger partial charge in [0.15, 0.2) is 0 Å². The van der Waals surface area contributed by atoms with Gasteiger partial charge in [-0.05, 0) is 37.5 Å². The Morgan fingerprint density at radius 3 is 2.47 bits per heavy atom. The molecule has 4 heteroatoms. The maximum Gasteiger partial charge on any atom is 0.346 e. The average molecular weight is 231 g/mol. The van der Waals surface area contributed by atoms with E-state index in [1.165, 1.54) is 0 Å². The predicted octanol–water partition coefficient (Wildman–Crippen LogP) is 2.16. The summed E-state index contributed by atoms with van der Waals surface area (Å²) in [5.41, 5.74) is 9.27. The number of rotatable bonds is 2. The van der Waals surface area contributed by atoms with Crippen molar-refractivity contribution in [3.05, 3.63) is 34.9 Å². The lowest BCUT2D eigenvalue weighted by atomic mass is 9.95. The van der Waals surface area contributed by atoms with Crippen molar-refractivity contribution in [3.63, 3.8) is 0 Å². The highest BCUT2D eigenvalue weighted by molar-refractivity contribution is 6.03. The number of aryl methyl sites for hydroxylation is 2. The first-order valence-corrected chi connectivity index (χ1v) is 5.77. The van der Waals surface area contributed by atoms with Gasteiger partial charge in [0, 0.05) is 6.54 Å². The molecule has 0 saturated carbocycles. The smallest absolute Gasteiger partial charge is 0.346 e. The molecule has 1 atom stereocenters. The van der Waals surface area contributed by atoms with E-state index >= 15 is 0 Å². The third-order valence-electron chi connectivity index (χ3n) is 3.22. The molecular formula is C13H17N3O. The fourth-order valence-electron chi connectivity index (χ4n) is 2.39. The summed E-state index contributed by atoms with van der Waals surface area (Å²) in [6.45, 7) is 6.62. The van der Waals surface area contributed by atoms with Gasteiger partial charge in [0.25, 0.3) is 0 Å². The van der Waals surface area contributed by atoms with E-state index in [2.05, 4.69) is 4.99 Å². The fourth-order valence-corrected chi connectivity index (χ4v) is 2.39. The van der Waals surface area contributed by atoms with E-state index in [9.17, 15) is 4.79 Å². The topological polar surface area (TPSA) is 58.7 Å². The van der Waals surface area contributed by atoms with Crippen LogP contribution in [0.4, 0.5) is 4.79 Å². The number of nitrogens with two attached hydrogens (primary N) is 1. The minimum absolute atomic E-state index is 0.200. The molecule has 0 bridgehead atoms. The van der Waals surface area contributed by atoms with Gasteiger partial charge in [-0.15, -0.1) is 0 Å². The SMILES string of the molecule is CCN1C(=O)N=C(N)C1c1c(C)cccc1C. The zero-order chi connectivity index (χ0) is 12.6. The number of carbonyl (C=O) groups is 1. The lowest BCUT2D eigenvalue weighted by Crippen LogP contribution is -2.34. The van der Waals surface area contributed by atoms with Crippen molar-refractivity contribution in [1.82, 2.24) is 4.90 Å². The van der Waals surface area contributed by atoms with Gasteiger partial charge in [-0.2, -0.15) is 4.99 Å². The molecule has 0 aliphatic carbocycles. The van der Waals surface area contributed by atoms with Gasteiger partial charge in [-0.1, -0.05) is 18.2 Å². The Morgan fingerprint density at radius 1 is 1.35 bits per heavy atom. The highest BCUT2D eigenvalue weighted by Gasteiger charge is 2.34. The first kappa shape index (κ1) is 11.6. The second kappa shape index (κ2) is 4.20. The van der Waals surface area contributed by atoms with Crippen LogP contribution in [0.15, 0.2) is 23.2 Å². The Kier molecular flexibility index (Phi) is 2.88. The standard InChI is InChI=1S/C13H17N3O/c1-4-16-11(12(14)15-13(16)17)10-8(2)6-5-7-9(10)3/h5-7,11H,4H2,1-3H3,(H2,14,15,17). The van der Waals surface area contributed by atoms with Crippen molar-refractivity contribution >= 4 is 11.9 Å². The van der Waals surface area contributed by atoms with Gasteiger partial charge in [0.2, 0.25) is 0 Å². The van der Waals surface area contributed by atoms with E-state index in [1.807, 2.05) is 39.0 Å². The van der Waals surface area contributed by atoms with Crippen molar-refractivity contribution < 1.29 is 4.79 Å². The highest BCUT2D eigenvalue weighted by atomic mass is 16.2. The molecule has 2 rings (SSSR count). The number of hydrogen-bond donors (Lipinski definition) is 1. The highest BCUT2D eigenvalue weighted by Crippen LogP contribution is 2.31. The van der Waals surface area contributed by atoms with Crippen molar-refractivity contribution in [1.29, 1.82) is 0 Å². The molecule has 2 amide bonds. The van der Waals surface area contributed by atoms with Crippen LogP contribution in [-0.2, 0) is 0 Å². The van der Waals surface area contributed by atoms with E-state index in [1.54, 1.807) is 4.90 Å². The van der Waals surface area contributed by atoms with Crippen LogP contribution >= 0.6 is 0 Å².